The van der Waals surface area contributed by atoms with Crippen molar-refractivity contribution in [2.24, 2.45) is 0 Å². The van der Waals surface area contributed by atoms with Gasteiger partial charge < -0.3 is 5.32 Å². The number of nitrogens with one attached hydrogen (secondary N) is 1. The van der Waals surface area contributed by atoms with Crippen molar-refractivity contribution in [3.63, 3.8) is 0 Å². The summed E-state index contributed by atoms with van der Waals surface area (Å²) >= 11 is 1.76. The quantitative estimate of drug-likeness (QED) is 0.875. The summed E-state index contributed by atoms with van der Waals surface area (Å²) in [5.41, 5.74) is 1.92. The van der Waals surface area contributed by atoms with Gasteiger partial charge in [-0.05, 0) is 26.3 Å². The first-order valence-electron chi connectivity index (χ1n) is 6.14. The van der Waals surface area contributed by atoms with Crippen LogP contribution in [-0.2, 0) is 6.54 Å². The Balaban J connectivity index is 1.98. The lowest BCUT2D eigenvalue weighted by Gasteiger charge is -2.28. The van der Waals surface area contributed by atoms with Gasteiger partial charge in [0.05, 0.1) is 5.51 Å². The highest BCUT2D eigenvalue weighted by atomic mass is 32.1. The van der Waals surface area contributed by atoms with Gasteiger partial charge in [0.15, 0.2) is 0 Å². The highest BCUT2D eigenvalue weighted by Crippen LogP contribution is 2.16. The molecule has 1 aromatic heterocycles. The van der Waals surface area contributed by atoms with Crippen LogP contribution in [0.3, 0.4) is 0 Å². The summed E-state index contributed by atoms with van der Waals surface area (Å²) in [4.78, 5) is 8.11. The lowest BCUT2D eigenvalue weighted by molar-refractivity contribution is 0.196. The molecule has 0 aromatic carbocycles. The average Bonchev–Trinajstić information content (AvgIpc) is 2.72. The molecule has 1 aromatic rings. The molecule has 16 heavy (non-hydrogen) atoms. The number of nitrogens with zero attached hydrogens (tertiary/aromatic N) is 2. The average molecular weight is 239 g/mol. The van der Waals surface area contributed by atoms with E-state index in [1.807, 2.05) is 11.7 Å². The van der Waals surface area contributed by atoms with E-state index < -0.39 is 0 Å². The number of thiazole rings is 1. The standard InChI is InChI=1S/C12H21N3S/c1-3-11-7-15(10(2)4-5-14-11)8-12-6-13-9-16-12/h6,9-11,14H,3-5,7-8H2,1-2H3. The maximum Gasteiger partial charge on any atom is 0.0794 e. The number of aromatic nitrogens is 1. The van der Waals surface area contributed by atoms with Crippen LogP contribution in [0.4, 0.5) is 0 Å². The van der Waals surface area contributed by atoms with Gasteiger partial charge in [-0.25, -0.2) is 0 Å². The molecule has 1 fully saturated rings. The maximum absolute atomic E-state index is 4.15. The Hall–Kier alpha value is -0.450. The van der Waals surface area contributed by atoms with Crippen LogP contribution in [0.5, 0.6) is 0 Å². The van der Waals surface area contributed by atoms with Gasteiger partial charge in [-0.1, -0.05) is 6.92 Å². The minimum absolute atomic E-state index is 0.651. The predicted molar refractivity (Wildman–Crippen MR) is 68.7 cm³/mol. The van der Waals surface area contributed by atoms with Crippen molar-refractivity contribution in [3.05, 3.63) is 16.6 Å². The van der Waals surface area contributed by atoms with Crippen molar-refractivity contribution in [2.45, 2.75) is 45.3 Å². The minimum atomic E-state index is 0.651. The van der Waals surface area contributed by atoms with Crippen LogP contribution in [0.2, 0.25) is 0 Å². The van der Waals surface area contributed by atoms with Crippen LogP contribution in [0.1, 0.15) is 31.6 Å². The van der Waals surface area contributed by atoms with E-state index in [2.05, 4.69) is 29.0 Å². The second kappa shape index (κ2) is 5.75. The molecule has 2 heterocycles. The van der Waals surface area contributed by atoms with Crippen molar-refractivity contribution < 1.29 is 0 Å². The van der Waals surface area contributed by atoms with Crippen LogP contribution in [0.15, 0.2) is 11.7 Å². The van der Waals surface area contributed by atoms with E-state index in [4.69, 9.17) is 0 Å². The molecular weight excluding hydrogens is 218 g/mol. The van der Waals surface area contributed by atoms with E-state index in [0.29, 0.717) is 12.1 Å². The summed E-state index contributed by atoms with van der Waals surface area (Å²) in [6, 6.07) is 1.32. The summed E-state index contributed by atoms with van der Waals surface area (Å²) in [6.07, 6.45) is 4.46. The molecule has 0 aliphatic carbocycles. The van der Waals surface area contributed by atoms with Crippen LogP contribution >= 0.6 is 11.3 Å². The van der Waals surface area contributed by atoms with Crippen molar-refractivity contribution in [1.29, 1.82) is 0 Å². The van der Waals surface area contributed by atoms with E-state index >= 15 is 0 Å². The van der Waals surface area contributed by atoms with E-state index in [-0.39, 0.29) is 0 Å². The molecule has 2 atom stereocenters. The van der Waals surface area contributed by atoms with E-state index in [1.54, 1.807) is 11.3 Å². The number of hydrogen-bond acceptors (Lipinski definition) is 4. The highest BCUT2D eigenvalue weighted by molar-refractivity contribution is 7.09. The molecule has 1 saturated heterocycles. The van der Waals surface area contributed by atoms with Gasteiger partial charge in [0.2, 0.25) is 0 Å². The van der Waals surface area contributed by atoms with Crippen molar-refractivity contribution >= 4 is 11.3 Å². The Morgan fingerprint density at radius 3 is 3.19 bits per heavy atom. The fraction of sp³-hybridized carbons (Fsp3) is 0.750. The number of rotatable bonds is 3. The molecule has 3 nitrogen and oxygen atoms in total. The predicted octanol–water partition coefficient (Wildman–Crippen LogP) is 2.11. The van der Waals surface area contributed by atoms with E-state index in [9.17, 15) is 0 Å². The van der Waals surface area contributed by atoms with E-state index in [0.717, 1.165) is 19.6 Å². The molecule has 0 saturated carbocycles. The van der Waals surface area contributed by atoms with Gasteiger partial charge in [0, 0.05) is 36.2 Å². The Morgan fingerprint density at radius 2 is 2.50 bits per heavy atom. The zero-order valence-electron chi connectivity index (χ0n) is 10.1. The largest absolute Gasteiger partial charge is 0.313 e. The molecule has 0 radical (unpaired) electrons. The highest BCUT2D eigenvalue weighted by Gasteiger charge is 2.21. The molecule has 2 rings (SSSR count). The summed E-state index contributed by atoms with van der Waals surface area (Å²) in [6.45, 7) is 7.97. The van der Waals surface area contributed by atoms with Crippen LogP contribution in [0.25, 0.3) is 0 Å². The third-order valence-electron chi connectivity index (χ3n) is 3.41. The second-order valence-corrected chi connectivity index (χ2v) is 5.57. The molecule has 90 valence electrons. The Kier molecular flexibility index (Phi) is 4.32. The summed E-state index contributed by atoms with van der Waals surface area (Å²) in [5.74, 6) is 0. The topological polar surface area (TPSA) is 28.2 Å². The normalized spacial score (nSPS) is 27.9. The molecule has 0 spiro atoms. The molecule has 2 unspecified atom stereocenters. The van der Waals surface area contributed by atoms with Crippen LogP contribution in [-0.4, -0.2) is 35.1 Å². The fourth-order valence-electron chi connectivity index (χ4n) is 2.22. The van der Waals surface area contributed by atoms with Crippen LogP contribution in [0, 0.1) is 0 Å². The van der Waals surface area contributed by atoms with Crippen molar-refractivity contribution in [2.75, 3.05) is 13.1 Å². The van der Waals surface area contributed by atoms with Gasteiger partial charge in [-0.3, -0.25) is 9.88 Å². The zero-order valence-corrected chi connectivity index (χ0v) is 11.0. The number of hydrogen-bond donors (Lipinski definition) is 1. The molecule has 1 aliphatic heterocycles. The van der Waals surface area contributed by atoms with E-state index in [1.165, 1.54) is 17.7 Å². The Morgan fingerprint density at radius 1 is 1.62 bits per heavy atom. The molecule has 0 bridgehead atoms. The Labute approximate surface area is 102 Å². The summed E-state index contributed by atoms with van der Waals surface area (Å²) < 4.78 is 0. The van der Waals surface area contributed by atoms with Crippen LogP contribution < -0.4 is 5.32 Å². The molecule has 1 N–H and O–H groups in total. The smallest absolute Gasteiger partial charge is 0.0794 e. The lowest BCUT2D eigenvalue weighted by Crippen LogP contribution is -2.39. The minimum Gasteiger partial charge on any atom is -0.313 e. The van der Waals surface area contributed by atoms with Crippen molar-refractivity contribution in [1.82, 2.24) is 15.2 Å². The molecule has 4 heteroatoms. The summed E-state index contributed by atoms with van der Waals surface area (Å²) in [5, 5.41) is 3.62. The first kappa shape index (κ1) is 12.0. The summed E-state index contributed by atoms with van der Waals surface area (Å²) in [7, 11) is 0. The first-order valence-corrected chi connectivity index (χ1v) is 7.02. The SMILES string of the molecule is CCC1CN(Cc2cncs2)C(C)CCN1. The first-order chi connectivity index (χ1) is 7.79. The van der Waals surface area contributed by atoms with Crippen molar-refractivity contribution in [3.8, 4) is 0 Å². The van der Waals surface area contributed by atoms with Gasteiger partial charge in [-0.2, -0.15) is 0 Å². The molecule has 0 amide bonds. The monoisotopic (exact) mass is 239 g/mol. The van der Waals surface area contributed by atoms with Gasteiger partial charge in [0.1, 0.15) is 0 Å². The van der Waals surface area contributed by atoms with Gasteiger partial charge in [-0.15, -0.1) is 11.3 Å². The van der Waals surface area contributed by atoms with Gasteiger partial charge in [0.25, 0.3) is 0 Å². The Bertz CT molecular complexity index is 299. The molecular formula is C12H21N3S. The maximum atomic E-state index is 4.15. The zero-order chi connectivity index (χ0) is 11.4. The lowest BCUT2D eigenvalue weighted by atomic mass is 10.2. The second-order valence-electron chi connectivity index (χ2n) is 4.59. The van der Waals surface area contributed by atoms with Gasteiger partial charge >= 0.3 is 0 Å². The fourth-order valence-corrected chi connectivity index (χ4v) is 2.84. The molecule has 1 aliphatic rings. The third-order valence-corrected chi connectivity index (χ3v) is 4.17. The third kappa shape index (κ3) is 3.03.